The van der Waals surface area contributed by atoms with Crippen molar-refractivity contribution in [2.45, 2.75) is 13.0 Å². The molecule has 0 saturated carbocycles. The molecule has 0 heterocycles. The van der Waals surface area contributed by atoms with E-state index in [2.05, 4.69) is 10.6 Å². The summed E-state index contributed by atoms with van der Waals surface area (Å²) in [4.78, 5) is 12.6. The predicted molar refractivity (Wildman–Crippen MR) is 123 cm³/mol. The van der Waals surface area contributed by atoms with Gasteiger partial charge in [0.1, 0.15) is 11.6 Å². The van der Waals surface area contributed by atoms with Gasteiger partial charge in [-0.2, -0.15) is 0 Å². The SMILES string of the molecule is CC(NC(=O)c1cccc(N/C(N)=C/C=C(\N)c2ccccc2)c1)c1ccc(F)cc1. The Morgan fingerprint density at radius 1 is 0.903 bits per heavy atom. The van der Waals surface area contributed by atoms with Crippen LogP contribution < -0.4 is 22.1 Å². The number of carbonyl (C=O) groups is 1. The molecule has 1 unspecified atom stereocenters. The number of amides is 1. The van der Waals surface area contributed by atoms with Crippen LogP contribution in [0.25, 0.3) is 5.70 Å². The molecule has 0 aliphatic heterocycles. The number of halogens is 1. The lowest BCUT2D eigenvalue weighted by atomic mass is 10.1. The maximum Gasteiger partial charge on any atom is 0.251 e. The fraction of sp³-hybridized carbons (Fsp3) is 0.0800. The highest BCUT2D eigenvalue weighted by atomic mass is 19.1. The molecule has 31 heavy (non-hydrogen) atoms. The van der Waals surface area contributed by atoms with E-state index in [0.29, 0.717) is 22.8 Å². The van der Waals surface area contributed by atoms with E-state index in [1.165, 1.54) is 12.1 Å². The zero-order chi connectivity index (χ0) is 22.2. The van der Waals surface area contributed by atoms with E-state index < -0.39 is 0 Å². The van der Waals surface area contributed by atoms with Crippen molar-refractivity contribution in [3.8, 4) is 0 Å². The molecule has 158 valence electrons. The monoisotopic (exact) mass is 416 g/mol. The smallest absolute Gasteiger partial charge is 0.251 e. The first-order valence-electron chi connectivity index (χ1n) is 9.84. The fourth-order valence-corrected chi connectivity index (χ4v) is 2.97. The van der Waals surface area contributed by atoms with Gasteiger partial charge in [-0.05, 0) is 60.5 Å². The molecule has 6 N–H and O–H groups in total. The van der Waals surface area contributed by atoms with Crippen LogP contribution in [0.2, 0.25) is 0 Å². The maximum atomic E-state index is 13.1. The van der Waals surface area contributed by atoms with Crippen LogP contribution in [0, 0.1) is 5.82 Å². The highest BCUT2D eigenvalue weighted by Gasteiger charge is 2.12. The number of anilines is 1. The third kappa shape index (κ3) is 6.21. The second-order valence-corrected chi connectivity index (χ2v) is 7.06. The number of hydrogen-bond acceptors (Lipinski definition) is 4. The third-order valence-corrected chi connectivity index (χ3v) is 4.68. The van der Waals surface area contributed by atoms with Crippen molar-refractivity contribution in [2.24, 2.45) is 11.5 Å². The summed E-state index contributed by atoms with van der Waals surface area (Å²) < 4.78 is 13.1. The van der Waals surface area contributed by atoms with E-state index in [-0.39, 0.29) is 17.8 Å². The van der Waals surface area contributed by atoms with Gasteiger partial charge in [0.2, 0.25) is 0 Å². The second-order valence-electron chi connectivity index (χ2n) is 7.06. The van der Waals surface area contributed by atoms with Crippen LogP contribution >= 0.6 is 0 Å². The average molecular weight is 417 g/mol. The molecule has 0 aliphatic rings. The summed E-state index contributed by atoms with van der Waals surface area (Å²) in [7, 11) is 0. The minimum absolute atomic E-state index is 0.240. The molecule has 0 aliphatic carbocycles. The van der Waals surface area contributed by atoms with Crippen molar-refractivity contribution in [1.82, 2.24) is 5.32 Å². The van der Waals surface area contributed by atoms with E-state index in [1.54, 1.807) is 42.5 Å². The number of benzene rings is 3. The summed E-state index contributed by atoms with van der Waals surface area (Å²) in [6.45, 7) is 1.84. The van der Waals surface area contributed by atoms with Gasteiger partial charge in [0, 0.05) is 16.9 Å². The van der Waals surface area contributed by atoms with Gasteiger partial charge in [0.15, 0.2) is 0 Å². The number of nitrogens with two attached hydrogens (primary N) is 2. The van der Waals surface area contributed by atoms with Crippen LogP contribution in [-0.2, 0) is 0 Å². The highest BCUT2D eigenvalue weighted by Crippen LogP contribution is 2.16. The Morgan fingerprint density at radius 3 is 2.29 bits per heavy atom. The molecule has 6 heteroatoms. The second kappa shape index (κ2) is 10.1. The fourth-order valence-electron chi connectivity index (χ4n) is 2.97. The van der Waals surface area contributed by atoms with Gasteiger partial charge < -0.3 is 22.1 Å². The van der Waals surface area contributed by atoms with Crippen LogP contribution in [0.1, 0.15) is 34.5 Å². The summed E-state index contributed by atoms with van der Waals surface area (Å²) in [5.41, 5.74) is 15.6. The number of hydrogen-bond donors (Lipinski definition) is 4. The lowest BCUT2D eigenvalue weighted by molar-refractivity contribution is 0.0940. The van der Waals surface area contributed by atoms with Crippen LogP contribution in [0.4, 0.5) is 10.1 Å². The maximum absolute atomic E-state index is 13.1. The van der Waals surface area contributed by atoms with Gasteiger partial charge in [-0.3, -0.25) is 4.79 Å². The Labute approximate surface area is 181 Å². The Balaban J connectivity index is 1.65. The molecule has 1 amide bonds. The molecule has 0 aromatic heterocycles. The summed E-state index contributed by atoms with van der Waals surface area (Å²) in [5.74, 6) is -0.167. The first-order chi connectivity index (χ1) is 14.9. The molecule has 1 atom stereocenters. The zero-order valence-electron chi connectivity index (χ0n) is 17.2. The van der Waals surface area contributed by atoms with E-state index in [9.17, 15) is 9.18 Å². The standard InChI is InChI=1S/C25H25FN4O/c1-17(18-10-12-21(26)13-11-18)29-25(31)20-8-5-9-22(16-20)30-24(28)15-14-23(27)19-6-3-2-4-7-19/h2-17,30H,27-28H2,1H3,(H,29,31)/b23-14-,24-15+. The topological polar surface area (TPSA) is 93.2 Å². The molecule has 3 aromatic rings. The average Bonchev–Trinajstić information content (AvgIpc) is 2.78. The Morgan fingerprint density at radius 2 is 1.58 bits per heavy atom. The minimum atomic E-state index is -0.313. The van der Waals surface area contributed by atoms with Gasteiger partial charge >= 0.3 is 0 Å². The largest absolute Gasteiger partial charge is 0.398 e. The first kappa shape index (κ1) is 21.6. The van der Waals surface area contributed by atoms with Gasteiger partial charge in [-0.25, -0.2) is 4.39 Å². The molecule has 0 spiro atoms. The molecular weight excluding hydrogens is 391 g/mol. The quantitative estimate of drug-likeness (QED) is 0.426. The first-order valence-corrected chi connectivity index (χ1v) is 9.84. The zero-order valence-corrected chi connectivity index (χ0v) is 17.2. The highest BCUT2D eigenvalue weighted by molar-refractivity contribution is 5.95. The number of allylic oxidation sites excluding steroid dienone is 2. The van der Waals surface area contributed by atoms with E-state index in [0.717, 1.165) is 11.1 Å². The Hall–Kier alpha value is -4.06. The summed E-state index contributed by atoms with van der Waals surface area (Å²) >= 11 is 0. The van der Waals surface area contributed by atoms with Crippen molar-refractivity contribution in [2.75, 3.05) is 5.32 Å². The summed E-state index contributed by atoms with van der Waals surface area (Å²) in [6, 6.07) is 22.4. The summed E-state index contributed by atoms with van der Waals surface area (Å²) in [6.07, 6.45) is 3.39. The van der Waals surface area contributed by atoms with Crippen LogP contribution in [0.5, 0.6) is 0 Å². The van der Waals surface area contributed by atoms with Crippen molar-refractivity contribution in [1.29, 1.82) is 0 Å². The van der Waals surface area contributed by atoms with E-state index in [1.807, 2.05) is 43.3 Å². The number of rotatable bonds is 7. The van der Waals surface area contributed by atoms with Crippen LogP contribution in [0.15, 0.2) is 96.8 Å². The van der Waals surface area contributed by atoms with Crippen molar-refractivity contribution in [3.05, 3.63) is 119 Å². The molecule has 0 fully saturated rings. The molecule has 0 saturated heterocycles. The molecule has 0 bridgehead atoms. The molecule has 5 nitrogen and oxygen atoms in total. The normalized spacial score (nSPS) is 12.8. The molecule has 3 aromatic carbocycles. The van der Waals surface area contributed by atoms with Crippen molar-refractivity contribution >= 4 is 17.3 Å². The predicted octanol–water partition coefficient (Wildman–Crippen LogP) is 4.53. The third-order valence-electron chi connectivity index (χ3n) is 4.68. The van der Waals surface area contributed by atoms with E-state index in [4.69, 9.17) is 11.5 Å². The lowest BCUT2D eigenvalue weighted by Crippen LogP contribution is -2.26. The minimum Gasteiger partial charge on any atom is -0.398 e. The molecule has 0 radical (unpaired) electrons. The van der Waals surface area contributed by atoms with Crippen LogP contribution in [-0.4, -0.2) is 5.91 Å². The number of nitrogens with one attached hydrogen (secondary N) is 2. The number of carbonyl (C=O) groups excluding carboxylic acids is 1. The Bertz CT molecular complexity index is 1090. The Kier molecular flexibility index (Phi) is 7.06. The van der Waals surface area contributed by atoms with Gasteiger partial charge in [0.25, 0.3) is 5.91 Å². The van der Waals surface area contributed by atoms with Gasteiger partial charge in [-0.1, -0.05) is 48.5 Å². The van der Waals surface area contributed by atoms with Crippen LogP contribution in [0.3, 0.4) is 0 Å². The van der Waals surface area contributed by atoms with Gasteiger partial charge in [0.05, 0.1) is 6.04 Å². The summed E-state index contributed by atoms with van der Waals surface area (Å²) in [5, 5.41) is 5.96. The van der Waals surface area contributed by atoms with Gasteiger partial charge in [-0.15, -0.1) is 0 Å². The molecule has 3 rings (SSSR count). The van der Waals surface area contributed by atoms with Crippen molar-refractivity contribution < 1.29 is 9.18 Å². The molecular formula is C25H25FN4O. The van der Waals surface area contributed by atoms with E-state index >= 15 is 0 Å². The van der Waals surface area contributed by atoms with Crippen molar-refractivity contribution in [3.63, 3.8) is 0 Å². The lowest BCUT2D eigenvalue weighted by Gasteiger charge is -2.15.